The lowest BCUT2D eigenvalue weighted by atomic mass is 9.92. The molecule has 0 bridgehead atoms. The van der Waals surface area contributed by atoms with Gasteiger partial charge in [-0.3, -0.25) is 4.79 Å². The Bertz CT molecular complexity index is 825. The van der Waals surface area contributed by atoms with Crippen molar-refractivity contribution in [2.75, 3.05) is 45.2 Å². The van der Waals surface area contributed by atoms with Crippen LogP contribution in [-0.2, 0) is 11.2 Å². The van der Waals surface area contributed by atoms with Crippen molar-refractivity contribution in [2.45, 2.75) is 50.9 Å². The van der Waals surface area contributed by atoms with Gasteiger partial charge >= 0.3 is 0 Å². The molecule has 0 saturated heterocycles. The van der Waals surface area contributed by atoms with Gasteiger partial charge in [0.05, 0.1) is 11.4 Å². The van der Waals surface area contributed by atoms with Crippen LogP contribution in [0.2, 0.25) is 0 Å². The Labute approximate surface area is 184 Å². The highest BCUT2D eigenvalue weighted by Crippen LogP contribution is 2.28. The molecule has 30 heavy (non-hydrogen) atoms. The van der Waals surface area contributed by atoms with Gasteiger partial charge in [0.25, 0.3) is 5.91 Å². The maximum atomic E-state index is 12.2. The van der Waals surface area contributed by atoms with Gasteiger partial charge in [0, 0.05) is 37.7 Å². The normalized spacial score (nSPS) is 11.7. The van der Waals surface area contributed by atoms with Crippen LogP contribution in [0, 0.1) is 0 Å². The molecule has 2 aromatic heterocycles. The van der Waals surface area contributed by atoms with Crippen molar-refractivity contribution >= 4 is 23.5 Å². The number of hydrogen-bond acceptors (Lipinski definition) is 7. The minimum Gasteiger partial charge on any atom is -0.455 e. The van der Waals surface area contributed by atoms with Gasteiger partial charge in [-0.2, -0.15) is 0 Å². The van der Waals surface area contributed by atoms with E-state index in [0.29, 0.717) is 18.1 Å². The highest BCUT2D eigenvalue weighted by molar-refractivity contribution is 7.98. The van der Waals surface area contributed by atoms with Crippen molar-refractivity contribution in [3.63, 3.8) is 0 Å². The van der Waals surface area contributed by atoms with Gasteiger partial charge in [-0.1, -0.05) is 32.5 Å². The Morgan fingerprint density at radius 3 is 2.47 bits per heavy atom. The predicted molar refractivity (Wildman–Crippen MR) is 123 cm³/mol. The molecule has 1 amide bonds. The summed E-state index contributed by atoms with van der Waals surface area (Å²) in [6, 6.07) is 5.64. The first-order chi connectivity index (χ1) is 14.1. The first kappa shape index (κ1) is 24.2. The van der Waals surface area contributed by atoms with E-state index in [9.17, 15) is 4.79 Å². The van der Waals surface area contributed by atoms with Crippen molar-refractivity contribution in [3.8, 4) is 0 Å². The molecule has 0 spiro atoms. The molecule has 0 unspecified atom stereocenters. The fourth-order valence-corrected chi connectivity index (χ4v) is 3.51. The van der Waals surface area contributed by atoms with Gasteiger partial charge in [-0.05, 0) is 40.1 Å². The van der Waals surface area contributed by atoms with E-state index in [1.165, 1.54) is 11.8 Å². The van der Waals surface area contributed by atoms with E-state index >= 15 is 0 Å². The Morgan fingerprint density at radius 1 is 1.17 bits per heavy atom. The zero-order chi connectivity index (χ0) is 22.3. The summed E-state index contributed by atoms with van der Waals surface area (Å²) in [5.41, 5.74) is 0.949. The third-order valence-electron chi connectivity index (χ3n) is 4.62. The zero-order valence-electron chi connectivity index (χ0n) is 19.3. The summed E-state index contributed by atoms with van der Waals surface area (Å²) in [6.07, 6.45) is 0. The van der Waals surface area contributed by atoms with Crippen LogP contribution in [0.15, 0.2) is 27.8 Å². The quantitative estimate of drug-likeness (QED) is 0.451. The van der Waals surface area contributed by atoms with Gasteiger partial charge in [0.2, 0.25) is 0 Å². The Kier molecular flexibility index (Phi) is 8.73. The molecule has 2 aromatic rings. The second kappa shape index (κ2) is 10.8. The Balaban J connectivity index is 2.09. The molecule has 2 heterocycles. The van der Waals surface area contributed by atoms with Crippen molar-refractivity contribution < 1.29 is 9.21 Å². The number of carbonyl (C=O) groups excluding carboxylic acids is 1. The number of aromatic nitrogens is 2. The van der Waals surface area contributed by atoms with E-state index in [1.54, 1.807) is 6.07 Å². The van der Waals surface area contributed by atoms with Crippen LogP contribution >= 0.6 is 11.8 Å². The minimum absolute atomic E-state index is 0.0668. The van der Waals surface area contributed by atoms with Crippen molar-refractivity contribution in [1.82, 2.24) is 20.2 Å². The summed E-state index contributed by atoms with van der Waals surface area (Å²) in [6.45, 7) is 13.9. The minimum atomic E-state index is -0.192. The third-order valence-corrected chi connectivity index (χ3v) is 5.49. The number of thioether (sulfide) groups is 1. The number of likely N-dealkylation sites (N-methyl/N-ethyl adjacent to an activating group) is 1. The summed E-state index contributed by atoms with van der Waals surface area (Å²) in [5.74, 6) is 2.38. The van der Waals surface area contributed by atoms with Gasteiger partial charge in [-0.15, -0.1) is 0 Å². The maximum absolute atomic E-state index is 12.2. The number of anilines is 1. The highest BCUT2D eigenvalue weighted by Gasteiger charge is 2.20. The van der Waals surface area contributed by atoms with Crippen molar-refractivity contribution in [1.29, 1.82) is 0 Å². The summed E-state index contributed by atoms with van der Waals surface area (Å²) in [7, 11) is 3.94. The highest BCUT2D eigenvalue weighted by atomic mass is 32.2. The summed E-state index contributed by atoms with van der Waals surface area (Å²) >= 11 is 1.52. The molecule has 0 fully saturated rings. The number of rotatable bonds is 10. The predicted octanol–water partition coefficient (Wildman–Crippen LogP) is 3.80. The molecule has 0 aliphatic heterocycles. The summed E-state index contributed by atoms with van der Waals surface area (Å²) in [5, 5.41) is 3.58. The molecule has 8 heteroatoms. The lowest BCUT2D eigenvalue weighted by molar-refractivity contribution is 0.0922. The molecule has 0 aromatic carbocycles. The van der Waals surface area contributed by atoms with E-state index in [2.05, 4.69) is 50.9 Å². The first-order valence-electron chi connectivity index (χ1n) is 10.4. The number of carbonyl (C=O) groups is 1. The number of amides is 1. The number of nitrogens with one attached hydrogen (secondary N) is 1. The molecule has 7 nitrogen and oxygen atoms in total. The molecule has 0 radical (unpaired) electrons. The molecule has 166 valence electrons. The Morgan fingerprint density at radius 2 is 1.87 bits per heavy atom. The molecule has 0 aliphatic rings. The van der Waals surface area contributed by atoms with Gasteiger partial charge in [0.15, 0.2) is 10.9 Å². The molecule has 0 saturated carbocycles. The summed E-state index contributed by atoms with van der Waals surface area (Å²) in [4.78, 5) is 26.0. The maximum Gasteiger partial charge on any atom is 0.287 e. The van der Waals surface area contributed by atoms with Crippen LogP contribution in [0.25, 0.3) is 0 Å². The van der Waals surface area contributed by atoms with Crippen LogP contribution in [-0.4, -0.2) is 61.0 Å². The fraction of sp³-hybridized carbons (Fsp3) is 0.591. The van der Waals surface area contributed by atoms with Crippen LogP contribution in [0.4, 0.5) is 5.82 Å². The van der Waals surface area contributed by atoms with Gasteiger partial charge in [-0.25, -0.2) is 9.97 Å². The zero-order valence-corrected chi connectivity index (χ0v) is 20.1. The second-order valence-electron chi connectivity index (χ2n) is 8.43. The van der Waals surface area contributed by atoms with Crippen molar-refractivity contribution in [2.24, 2.45) is 0 Å². The van der Waals surface area contributed by atoms with Gasteiger partial charge in [0.1, 0.15) is 11.6 Å². The Hall–Kier alpha value is -2.06. The van der Waals surface area contributed by atoms with Crippen LogP contribution < -0.4 is 10.2 Å². The largest absolute Gasteiger partial charge is 0.455 e. The van der Waals surface area contributed by atoms with Crippen LogP contribution in [0.3, 0.4) is 0 Å². The number of nitrogens with zero attached hydrogens (tertiary/aromatic N) is 4. The topological polar surface area (TPSA) is 74.5 Å². The number of hydrogen-bond donors (Lipinski definition) is 1. The SMILES string of the molecule is CCN(CC)c1cc(C(C)(C)C)nc(SCc2ccc(C(=O)NCCN(C)C)o2)n1. The molecule has 2 rings (SSSR count). The van der Waals surface area contributed by atoms with Crippen molar-refractivity contribution in [3.05, 3.63) is 35.4 Å². The molecule has 1 N–H and O–H groups in total. The molecular weight excluding hydrogens is 398 g/mol. The number of furan rings is 1. The van der Waals surface area contributed by atoms with Crippen LogP contribution in [0.5, 0.6) is 0 Å². The molecule has 0 aliphatic carbocycles. The molecule has 0 atom stereocenters. The lowest BCUT2D eigenvalue weighted by Gasteiger charge is -2.24. The van der Waals surface area contributed by atoms with E-state index in [-0.39, 0.29) is 11.3 Å². The van der Waals surface area contributed by atoms with E-state index in [4.69, 9.17) is 14.4 Å². The lowest BCUT2D eigenvalue weighted by Crippen LogP contribution is -2.31. The standard InChI is InChI=1S/C22H35N5O2S/c1-8-27(9-2)19-14-18(22(3,4)5)24-21(25-19)30-15-16-10-11-17(29-16)20(28)23-12-13-26(6)7/h10-11,14H,8-9,12-13,15H2,1-7H3,(H,23,28). The average molecular weight is 434 g/mol. The average Bonchev–Trinajstić information content (AvgIpc) is 3.15. The van der Waals surface area contributed by atoms with E-state index in [0.717, 1.165) is 42.1 Å². The van der Waals surface area contributed by atoms with E-state index < -0.39 is 0 Å². The summed E-state index contributed by atoms with van der Waals surface area (Å²) < 4.78 is 5.73. The monoisotopic (exact) mass is 433 g/mol. The van der Waals surface area contributed by atoms with E-state index in [1.807, 2.05) is 25.1 Å². The van der Waals surface area contributed by atoms with Gasteiger partial charge < -0.3 is 19.5 Å². The first-order valence-corrected chi connectivity index (χ1v) is 11.4. The van der Waals surface area contributed by atoms with Crippen LogP contribution in [0.1, 0.15) is 56.6 Å². The third kappa shape index (κ3) is 7.02. The second-order valence-corrected chi connectivity index (χ2v) is 9.37. The molecular formula is C22H35N5O2S. The smallest absolute Gasteiger partial charge is 0.287 e. The fourth-order valence-electron chi connectivity index (χ4n) is 2.76.